The molecule has 0 unspecified atom stereocenters. The third kappa shape index (κ3) is 2.82. The summed E-state index contributed by atoms with van der Waals surface area (Å²) in [6.07, 6.45) is 0.0420. The average Bonchev–Trinajstić information content (AvgIpc) is 2.28. The molecule has 16 heavy (non-hydrogen) atoms. The molecule has 1 aromatic carbocycles. The van der Waals surface area contributed by atoms with E-state index in [-0.39, 0.29) is 6.42 Å². The minimum Gasteiger partial charge on any atom is -0.469 e. The van der Waals surface area contributed by atoms with Crippen LogP contribution in [0.25, 0.3) is 0 Å². The van der Waals surface area contributed by atoms with Crippen LogP contribution in [-0.2, 0) is 20.7 Å². The van der Waals surface area contributed by atoms with Crippen LogP contribution in [0.1, 0.15) is 15.9 Å². The number of ether oxygens (including phenoxy) is 2. The maximum atomic E-state index is 11.5. The Morgan fingerprint density at radius 1 is 1.25 bits per heavy atom. The van der Waals surface area contributed by atoms with Gasteiger partial charge in [-0.05, 0) is 27.6 Å². The lowest BCUT2D eigenvalue weighted by Gasteiger charge is -2.08. The van der Waals surface area contributed by atoms with Crippen molar-refractivity contribution in [1.29, 1.82) is 0 Å². The highest BCUT2D eigenvalue weighted by molar-refractivity contribution is 9.10. The summed E-state index contributed by atoms with van der Waals surface area (Å²) >= 11 is 3.25. The van der Waals surface area contributed by atoms with Crippen molar-refractivity contribution in [1.82, 2.24) is 0 Å². The van der Waals surface area contributed by atoms with Crippen LogP contribution in [-0.4, -0.2) is 26.2 Å². The predicted molar refractivity (Wildman–Crippen MR) is 61.2 cm³/mol. The first kappa shape index (κ1) is 12.7. The fourth-order valence-electron chi connectivity index (χ4n) is 1.27. The molecular formula is C11H11BrO4. The van der Waals surface area contributed by atoms with Crippen LogP contribution in [0.4, 0.5) is 0 Å². The van der Waals surface area contributed by atoms with E-state index in [0.717, 1.165) is 0 Å². The van der Waals surface area contributed by atoms with Gasteiger partial charge in [0.15, 0.2) is 0 Å². The minimum atomic E-state index is -0.480. The van der Waals surface area contributed by atoms with Crippen molar-refractivity contribution in [2.45, 2.75) is 6.42 Å². The zero-order valence-electron chi connectivity index (χ0n) is 8.95. The number of benzene rings is 1. The quantitative estimate of drug-likeness (QED) is 0.797. The van der Waals surface area contributed by atoms with Crippen molar-refractivity contribution < 1.29 is 19.1 Å². The van der Waals surface area contributed by atoms with Gasteiger partial charge in [0.25, 0.3) is 0 Å². The summed E-state index contributed by atoms with van der Waals surface area (Å²) in [5.74, 6) is -0.880. The van der Waals surface area contributed by atoms with E-state index in [9.17, 15) is 9.59 Å². The standard InChI is InChI=1S/C11H11BrO4/c1-15-9(13)6-7-4-3-5-8(12)10(7)11(14)16-2/h3-5H,6H2,1-2H3. The lowest BCUT2D eigenvalue weighted by atomic mass is 10.0. The number of methoxy groups -OCH3 is 2. The molecule has 1 rings (SSSR count). The molecule has 1 aromatic rings. The maximum absolute atomic E-state index is 11.5. The number of carbonyl (C=O) groups excluding carboxylic acids is 2. The highest BCUT2D eigenvalue weighted by Gasteiger charge is 2.17. The summed E-state index contributed by atoms with van der Waals surface area (Å²) in [4.78, 5) is 22.7. The smallest absolute Gasteiger partial charge is 0.339 e. The highest BCUT2D eigenvalue weighted by atomic mass is 79.9. The summed E-state index contributed by atoms with van der Waals surface area (Å²) in [5.41, 5.74) is 0.934. The van der Waals surface area contributed by atoms with E-state index < -0.39 is 11.9 Å². The Hall–Kier alpha value is -1.36. The lowest BCUT2D eigenvalue weighted by Crippen LogP contribution is -2.11. The molecule has 0 aliphatic rings. The minimum absolute atomic E-state index is 0.0420. The van der Waals surface area contributed by atoms with Crippen molar-refractivity contribution in [3.8, 4) is 0 Å². The van der Waals surface area contributed by atoms with Gasteiger partial charge in [-0.2, -0.15) is 0 Å². The van der Waals surface area contributed by atoms with Crippen molar-refractivity contribution >= 4 is 27.9 Å². The highest BCUT2D eigenvalue weighted by Crippen LogP contribution is 2.22. The van der Waals surface area contributed by atoms with Crippen molar-refractivity contribution in [3.63, 3.8) is 0 Å². The summed E-state index contributed by atoms with van der Waals surface area (Å²) < 4.78 is 9.81. The Morgan fingerprint density at radius 2 is 1.94 bits per heavy atom. The first-order chi connectivity index (χ1) is 7.60. The van der Waals surface area contributed by atoms with Gasteiger partial charge in [-0.1, -0.05) is 12.1 Å². The second-order valence-corrected chi connectivity index (χ2v) is 3.87. The van der Waals surface area contributed by atoms with Crippen LogP contribution in [0.5, 0.6) is 0 Å². The van der Waals surface area contributed by atoms with Gasteiger partial charge in [0.05, 0.1) is 26.2 Å². The van der Waals surface area contributed by atoms with Crippen LogP contribution < -0.4 is 0 Å². The van der Waals surface area contributed by atoms with Crippen molar-refractivity contribution in [2.75, 3.05) is 14.2 Å². The number of rotatable bonds is 3. The molecule has 0 aliphatic heterocycles. The van der Waals surface area contributed by atoms with E-state index in [2.05, 4.69) is 25.4 Å². The summed E-state index contributed by atoms with van der Waals surface area (Å²) in [5, 5.41) is 0. The van der Waals surface area contributed by atoms with Gasteiger partial charge in [0, 0.05) is 4.47 Å². The van der Waals surface area contributed by atoms with Gasteiger partial charge in [0.1, 0.15) is 0 Å². The molecule has 0 aromatic heterocycles. The molecule has 0 spiro atoms. The fourth-order valence-corrected chi connectivity index (χ4v) is 1.84. The molecule has 5 heteroatoms. The average molecular weight is 287 g/mol. The second-order valence-electron chi connectivity index (χ2n) is 3.02. The number of hydrogen-bond acceptors (Lipinski definition) is 4. The summed E-state index contributed by atoms with van der Waals surface area (Å²) in [6, 6.07) is 5.15. The van der Waals surface area contributed by atoms with E-state index in [1.165, 1.54) is 14.2 Å². The van der Waals surface area contributed by atoms with Gasteiger partial charge in [0.2, 0.25) is 0 Å². The van der Waals surface area contributed by atoms with Crippen molar-refractivity contribution in [3.05, 3.63) is 33.8 Å². The van der Waals surface area contributed by atoms with Crippen LogP contribution in [0.2, 0.25) is 0 Å². The number of carbonyl (C=O) groups is 2. The van der Waals surface area contributed by atoms with Gasteiger partial charge >= 0.3 is 11.9 Å². The largest absolute Gasteiger partial charge is 0.469 e. The van der Waals surface area contributed by atoms with Crippen LogP contribution in [0, 0.1) is 0 Å². The molecule has 0 fully saturated rings. The molecule has 0 radical (unpaired) electrons. The van der Waals surface area contributed by atoms with E-state index in [4.69, 9.17) is 0 Å². The fraction of sp³-hybridized carbons (Fsp3) is 0.273. The van der Waals surface area contributed by atoms with E-state index in [1.807, 2.05) is 0 Å². The second kappa shape index (κ2) is 5.65. The SMILES string of the molecule is COC(=O)Cc1cccc(Br)c1C(=O)OC. The molecule has 4 nitrogen and oxygen atoms in total. The normalized spacial score (nSPS) is 9.69. The lowest BCUT2D eigenvalue weighted by molar-refractivity contribution is -0.139. The zero-order valence-corrected chi connectivity index (χ0v) is 10.5. The van der Waals surface area contributed by atoms with E-state index in [0.29, 0.717) is 15.6 Å². The summed E-state index contributed by atoms with van der Waals surface area (Å²) in [6.45, 7) is 0. The first-order valence-corrected chi connectivity index (χ1v) is 5.32. The number of halogens is 1. The Bertz CT molecular complexity index is 414. The zero-order chi connectivity index (χ0) is 12.1. The van der Waals surface area contributed by atoms with E-state index >= 15 is 0 Å². The topological polar surface area (TPSA) is 52.6 Å². The van der Waals surface area contributed by atoms with E-state index in [1.54, 1.807) is 18.2 Å². The predicted octanol–water partition coefficient (Wildman–Crippen LogP) is 1.95. The van der Waals surface area contributed by atoms with Gasteiger partial charge in [-0.25, -0.2) is 4.79 Å². The molecule has 0 amide bonds. The van der Waals surface area contributed by atoms with Gasteiger partial charge in [-0.15, -0.1) is 0 Å². The molecule has 0 N–H and O–H groups in total. The molecule has 0 saturated carbocycles. The molecular weight excluding hydrogens is 276 g/mol. The molecule has 0 aliphatic carbocycles. The molecule has 0 atom stereocenters. The third-order valence-electron chi connectivity index (χ3n) is 2.05. The monoisotopic (exact) mass is 286 g/mol. The summed E-state index contributed by atoms with van der Waals surface area (Å²) in [7, 11) is 2.60. The van der Waals surface area contributed by atoms with Gasteiger partial charge in [-0.3, -0.25) is 4.79 Å². The van der Waals surface area contributed by atoms with Crippen LogP contribution in [0.3, 0.4) is 0 Å². The molecule has 0 heterocycles. The Kier molecular flexibility index (Phi) is 4.49. The number of esters is 2. The molecule has 0 bridgehead atoms. The Morgan fingerprint density at radius 3 is 2.50 bits per heavy atom. The van der Waals surface area contributed by atoms with Crippen molar-refractivity contribution in [2.24, 2.45) is 0 Å². The third-order valence-corrected chi connectivity index (χ3v) is 2.71. The molecule has 86 valence electrons. The first-order valence-electron chi connectivity index (χ1n) is 4.52. The number of hydrogen-bond donors (Lipinski definition) is 0. The Balaban J connectivity index is 3.12. The molecule has 0 saturated heterocycles. The van der Waals surface area contributed by atoms with Crippen LogP contribution in [0.15, 0.2) is 22.7 Å². The Labute approximate surface area is 102 Å². The van der Waals surface area contributed by atoms with Gasteiger partial charge < -0.3 is 9.47 Å². The maximum Gasteiger partial charge on any atom is 0.339 e. The van der Waals surface area contributed by atoms with Crippen LogP contribution >= 0.6 is 15.9 Å².